The molecule has 6 nitrogen and oxygen atoms in total. The van der Waals surface area contributed by atoms with Crippen molar-refractivity contribution in [3.05, 3.63) is 71.6 Å². The van der Waals surface area contributed by atoms with Crippen LogP contribution in [0.15, 0.2) is 60.4 Å². The van der Waals surface area contributed by atoms with Crippen LogP contribution in [0, 0.1) is 0 Å². The first kappa shape index (κ1) is 19.0. The lowest BCUT2D eigenvalue weighted by atomic mass is 9.87. The number of carbonyl (C=O) groups is 1. The summed E-state index contributed by atoms with van der Waals surface area (Å²) in [5, 5.41) is 5.18. The molecule has 3 heterocycles. The smallest absolute Gasteiger partial charge is 0.276 e. The summed E-state index contributed by atoms with van der Waals surface area (Å²) in [6.45, 7) is 6.53. The fourth-order valence-corrected chi connectivity index (χ4v) is 3.49. The Morgan fingerprint density at radius 1 is 1.00 bits per heavy atom. The second-order valence-corrected chi connectivity index (χ2v) is 8.56. The summed E-state index contributed by atoms with van der Waals surface area (Å²) < 4.78 is 0. The molecule has 0 aliphatic heterocycles. The lowest BCUT2D eigenvalue weighted by Gasteiger charge is -2.18. The zero-order valence-corrected chi connectivity index (χ0v) is 17.2. The highest BCUT2D eigenvalue weighted by molar-refractivity contribution is 7.13. The summed E-state index contributed by atoms with van der Waals surface area (Å²) in [7, 11) is 0. The fraction of sp³-hybridized carbons (Fsp3) is 0.182. The summed E-state index contributed by atoms with van der Waals surface area (Å²) in [6, 6.07) is 11.9. The summed E-state index contributed by atoms with van der Waals surface area (Å²) in [5.74, 6) is 0.360. The van der Waals surface area contributed by atoms with Crippen molar-refractivity contribution in [3.8, 4) is 22.6 Å². The Morgan fingerprint density at radius 3 is 2.34 bits per heavy atom. The van der Waals surface area contributed by atoms with Crippen LogP contribution >= 0.6 is 11.3 Å². The minimum absolute atomic E-state index is 0.0721. The number of imidazole rings is 1. The number of thiazole rings is 1. The Balaban J connectivity index is 1.74. The Labute approximate surface area is 173 Å². The maximum Gasteiger partial charge on any atom is 0.276 e. The van der Waals surface area contributed by atoms with Crippen LogP contribution in [0.1, 0.15) is 36.8 Å². The lowest BCUT2D eigenvalue weighted by Crippen LogP contribution is -2.13. The number of nitrogens with zero attached hydrogens (tertiary/aromatic N) is 3. The van der Waals surface area contributed by atoms with Crippen molar-refractivity contribution in [1.29, 1.82) is 0 Å². The summed E-state index contributed by atoms with van der Waals surface area (Å²) >= 11 is 1.37. The predicted octanol–water partition coefficient (Wildman–Crippen LogP) is 5.15. The van der Waals surface area contributed by atoms with E-state index < -0.39 is 0 Å². The topological polar surface area (TPSA) is 83.6 Å². The highest BCUT2D eigenvalue weighted by Crippen LogP contribution is 2.29. The van der Waals surface area contributed by atoms with Crippen LogP contribution in [0.3, 0.4) is 0 Å². The van der Waals surface area contributed by atoms with E-state index in [1.807, 2.05) is 29.6 Å². The fourth-order valence-electron chi connectivity index (χ4n) is 2.97. The zero-order chi connectivity index (χ0) is 20.4. The van der Waals surface area contributed by atoms with Gasteiger partial charge in [-0.25, -0.2) is 9.97 Å². The van der Waals surface area contributed by atoms with Crippen molar-refractivity contribution in [2.75, 3.05) is 5.32 Å². The second-order valence-electron chi connectivity index (χ2n) is 7.66. The summed E-state index contributed by atoms with van der Waals surface area (Å²) in [4.78, 5) is 29.0. The van der Waals surface area contributed by atoms with E-state index >= 15 is 0 Å². The maximum atomic E-state index is 12.9. The molecule has 0 saturated heterocycles. The number of hydrogen-bond donors (Lipinski definition) is 2. The minimum Gasteiger partial charge on any atom is -0.333 e. The van der Waals surface area contributed by atoms with E-state index in [0.717, 1.165) is 11.1 Å². The van der Waals surface area contributed by atoms with E-state index in [1.54, 1.807) is 18.6 Å². The molecule has 2 N–H and O–H groups in total. The van der Waals surface area contributed by atoms with Gasteiger partial charge in [-0.2, -0.15) is 0 Å². The van der Waals surface area contributed by atoms with Crippen molar-refractivity contribution in [3.63, 3.8) is 0 Å². The number of aromatic nitrogens is 4. The number of nitrogens with one attached hydrogen (secondary N) is 2. The van der Waals surface area contributed by atoms with E-state index in [-0.39, 0.29) is 11.3 Å². The van der Waals surface area contributed by atoms with Crippen LogP contribution in [-0.4, -0.2) is 25.8 Å². The Hall–Kier alpha value is -3.32. The molecule has 146 valence electrons. The highest BCUT2D eigenvalue weighted by atomic mass is 32.1. The molecule has 1 amide bonds. The van der Waals surface area contributed by atoms with Crippen LogP contribution < -0.4 is 5.32 Å². The standard InChI is InChI=1S/C22H21N5OS/c1-22(2,3)16-6-4-15(5-7-16)19-25-17(14-8-10-23-11-9-14)18(26-19)20(28)27-21-24-12-13-29-21/h4-13H,1-3H3,(H,25,26)(H,24,27,28). The first-order chi connectivity index (χ1) is 13.9. The number of rotatable bonds is 4. The summed E-state index contributed by atoms with van der Waals surface area (Å²) in [5.41, 5.74) is 4.02. The van der Waals surface area contributed by atoms with E-state index in [0.29, 0.717) is 22.3 Å². The van der Waals surface area contributed by atoms with Gasteiger partial charge in [0.05, 0.1) is 0 Å². The molecule has 0 fully saturated rings. The van der Waals surface area contributed by atoms with Gasteiger partial charge in [0.1, 0.15) is 17.2 Å². The van der Waals surface area contributed by atoms with Crippen molar-refractivity contribution < 1.29 is 4.79 Å². The molecule has 0 bridgehead atoms. The normalized spacial score (nSPS) is 11.4. The number of aromatic amines is 1. The molecule has 0 spiro atoms. The number of carbonyl (C=O) groups excluding carboxylic acids is 1. The zero-order valence-electron chi connectivity index (χ0n) is 16.4. The Kier molecular flexibility index (Phi) is 4.98. The second kappa shape index (κ2) is 7.60. The summed E-state index contributed by atoms with van der Waals surface area (Å²) in [6.07, 6.45) is 5.02. The molecule has 3 aromatic heterocycles. The van der Waals surface area contributed by atoms with Crippen molar-refractivity contribution in [2.45, 2.75) is 26.2 Å². The van der Waals surface area contributed by atoms with E-state index in [2.05, 4.69) is 53.2 Å². The van der Waals surface area contributed by atoms with Gasteiger partial charge in [0, 0.05) is 35.1 Å². The molecule has 29 heavy (non-hydrogen) atoms. The molecule has 0 aliphatic carbocycles. The van der Waals surface area contributed by atoms with Gasteiger partial charge in [0.15, 0.2) is 5.13 Å². The number of pyridine rings is 1. The van der Waals surface area contributed by atoms with Gasteiger partial charge >= 0.3 is 0 Å². The number of H-pyrrole nitrogens is 1. The molecule has 1 aromatic carbocycles. The van der Waals surface area contributed by atoms with E-state index in [1.165, 1.54) is 16.9 Å². The molecule has 0 unspecified atom stereocenters. The van der Waals surface area contributed by atoms with E-state index in [4.69, 9.17) is 4.98 Å². The quantitative estimate of drug-likeness (QED) is 0.494. The average molecular weight is 404 g/mol. The molecule has 0 radical (unpaired) electrons. The number of benzene rings is 1. The third-order valence-electron chi connectivity index (χ3n) is 4.56. The van der Waals surface area contributed by atoms with Crippen LogP contribution in [0.5, 0.6) is 0 Å². The van der Waals surface area contributed by atoms with Gasteiger partial charge in [0.25, 0.3) is 5.91 Å². The van der Waals surface area contributed by atoms with Gasteiger partial charge in [-0.05, 0) is 23.1 Å². The molecule has 0 saturated carbocycles. The van der Waals surface area contributed by atoms with Crippen LogP contribution in [0.4, 0.5) is 5.13 Å². The molecule has 0 atom stereocenters. The van der Waals surface area contributed by atoms with Gasteiger partial charge < -0.3 is 4.98 Å². The maximum absolute atomic E-state index is 12.9. The third kappa shape index (κ3) is 4.09. The Morgan fingerprint density at radius 2 is 1.72 bits per heavy atom. The molecule has 4 rings (SSSR count). The third-order valence-corrected chi connectivity index (χ3v) is 5.25. The van der Waals surface area contributed by atoms with E-state index in [9.17, 15) is 4.79 Å². The highest BCUT2D eigenvalue weighted by Gasteiger charge is 2.21. The molecular weight excluding hydrogens is 382 g/mol. The SMILES string of the molecule is CC(C)(C)c1ccc(-c2nc(-c3ccncc3)c(C(=O)Nc3nccs3)[nH]2)cc1. The first-order valence-electron chi connectivity index (χ1n) is 9.24. The average Bonchev–Trinajstić information content (AvgIpc) is 3.38. The number of hydrogen-bond acceptors (Lipinski definition) is 5. The van der Waals surface area contributed by atoms with Gasteiger partial charge in [-0.3, -0.25) is 15.1 Å². The van der Waals surface area contributed by atoms with Crippen molar-refractivity contribution in [2.24, 2.45) is 0 Å². The minimum atomic E-state index is -0.281. The van der Waals surface area contributed by atoms with Gasteiger partial charge in [0.2, 0.25) is 0 Å². The van der Waals surface area contributed by atoms with Crippen molar-refractivity contribution in [1.82, 2.24) is 19.9 Å². The number of anilines is 1. The Bertz CT molecular complexity index is 1110. The van der Waals surface area contributed by atoms with Crippen LogP contribution in [0.2, 0.25) is 0 Å². The van der Waals surface area contributed by atoms with Gasteiger partial charge in [-0.15, -0.1) is 11.3 Å². The van der Waals surface area contributed by atoms with Crippen molar-refractivity contribution >= 4 is 22.4 Å². The van der Waals surface area contributed by atoms with Crippen LogP contribution in [-0.2, 0) is 5.41 Å². The first-order valence-corrected chi connectivity index (χ1v) is 10.1. The predicted molar refractivity (Wildman–Crippen MR) is 116 cm³/mol. The largest absolute Gasteiger partial charge is 0.333 e. The monoisotopic (exact) mass is 403 g/mol. The van der Waals surface area contributed by atoms with Gasteiger partial charge in [-0.1, -0.05) is 45.0 Å². The van der Waals surface area contributed by atoms with Crippen LogP contribution in [0.25, 0.3) is 22.6 Å². The molecule has 0 aliphatic rings. The molecular formula is C22H21N5OS. The molecule has 4 aromatic rings. The number of amides is 1. The lowest BCUT2D eigenvalue weighted by molar-refractivity contribution is 0.102. The molecule has 7 heteroatoms.